The van der Waals surface area contributed by atoms with Crippen LogP contribution in [0.4, 0.5) is 30.6 Å². The van der Waals surface area contributed by atoms with Crippen LogP contribution in [0, 0.1) is 31.8 Å². The van der Waals surface area contributed by atoms with Crippen LogP contribution in [0.25, 0.3) is 0 Å². The van der Waals surface area contributed by atoms with Crippen molar-refractivity contribution in [3.8, 4) is 0 Å². The fourth-order valence-corrected chi connectivity index (χ4v) is 10.9. The highest BCUT2D eigenvalue weighted by Crippen LogP contribution is 2.39. The Kier molecular flexibility index (Phi) is 20.8. The number of fused-ring (bicyclic) bond motifs is 3. The molecule has 3 heterocycles. The topological polar surface area (TPSA) is 470 Å². The van der Waals surface area contributed by atoms with E-state index in [4.69, 9.17) is 29.7 Å². The molecule has 0 bridgehead atoms. The van der Waals surface area contributed by atoms with Crippen molar-refractivity contribution in [3.63, 3.8) is 0 Å². The van der Waals surface area contributed by atoms with Gasteiger partial charge in [-0.3, -0.25) is 61.4 Å². The average Bonchev–Trinajstić information content (AvgIpc) is 4.20. The molecule has 0 fully saturated rings. The Labute approximate surface area is 459 Å². The lowest BCUT2D eigenvalue weighted by molar-refractivity contribution is 0.232. The molecule has 36 heteroatoms. The highest BCUT2D eigenvalue weighted by molar-refractivity contribution is 7.92. The second-order valence-corrected chi connectivity index (χ2v) is 25.3. The normalized spacial score (nSPS) is 18.3. The average molecular weight is 1200 g/mol. The summed E-state index contributed by atoms with van der Waals surface area (Å²) >= 11 is 0. The number of aliphatic hydroxyl groups is 3. The Morgan fingerprint density at radius 1 is 0.481 bits per heavy atom. The SMILES string of the molecule is N=S(=O)(CCO)CCNc1nonc1C(=N[C@H]1Cc2ccc(F)cc21)NO.N=S(=O)(CCO)CCNc1nonc1C(=N[C@H]1Cc2ccc(F)cc21)NO.N=S(=O)(CCO)CCNc1nonc1C(=N[C@H]1Cc2ccc(F)cc21)NO. The molecule has 6 atom stereocenters. The minimum atomic E-state index is -2.90. The highest BCUT2D eigenvalue weighted by atomic mass is 32.2. The van der Waals surface area contributed by atoms with Gasteiger partial charge in [-0.1, -0.05) is 18.2 Å². The lowest BCUT2D eigenvalue weighted by Crippen LogP contribution is -2.26. The molecular formula is C45H57F3N18O12S3. The molecule has 0 aliphatic heterocycles. The molecule has 3 aliphatic carbocycles. The summed E-state index contributed by atoms with van der Waals surface area (Å²) in [5.41, 5.74) is 11.2. The van der Waals surface area contributed by atoms with Crippen molar-refractivity contribution < 1.29 is 70.6 Å². The summed E-state index contributed by atoms with van der Waals surface area (Å²) in [4.78, 5) is 13.0. The van der Waals surface area contributed by atoms with E-state index in [0.29, 0.717) is 19.3 Å². The first-order chi connectivity index (χ1) is 38.8. The second-order valence-electron chi connectivity index (χ2n) is 18.0. The number of aliphatic hydroxyl groups excluding tert-OH is 3. The summed E-state index contributed by atoms with van der Waals surface area (Å²) < 4.78 is 112. The molecule has 81 heavy (non-hydrogen) atoms. The van der Waals surface area contributed by atoms with Gasteiger partial charge in [0.25, 0.3) is 0 Å². The number of halogens is 3. The Balaban J connectivity index is 0.000000175. The number of hydrogen-bond acceptors (Lipinski definition) is 27. The van der Waals surface area contributed by atoms with Crippen LogP contribution in [-0.2, 0) is 48.4 Å². The first-order valence-corrected chi connectivity index (χ1v) is 30.0. The first kappa shape index (κ1) is 60.9. The molecule has 0 spiro atoms. The van der Waals surface area contributed by atoms with Gasteiger partial charge in [0.15, 0.2) is 34.6 Å². The number of amidine groups is 3. The molecule has 3 unspecified atom stereocenters. The molecule has 3 aromatic carbocycles. The molecule has 0 radical (unpaired) electrons. The quantitative estimate of drug-likeness (QED) is 0.0234. The maximum Gasteiger partial charge on any atom is 0.202 e. The van der Waals surface area contributed by atoms with Crippen molar-refractivity contribution in [2.24, 2.45) is 15.0 Å². The van der Waals surface area contributed by atoms with Crippen molar-refractivity contribution in [2.45, 2.75) is 37.4 Å². The summed E-state index contributed by atoms with van der Waals surface area (Å²) in [6, 6.07) is 12.4. The van der Waals surface area contributed by atoms with E-state index in [1.807, 2.05) is 16.4 Å². The van der Waals surface area contributed by atoms with Gasteiger partial charge in [-0.15, -0.1) is 0 Å². The van der Waals surface area contributed by atoms with Gasteiger partial charge in [0.2, 0.25) is 17.5 Å². The van der Waals surface area contributed by atoms with Crippen molar-refractivity contribution >= 4 is 64.1 Å². The smallest absolute Gasteiger partial charge is 0.202 e. The van der Waals surface area contributed by atoms with Crippen molar-refractivity contribution in [3.05, 3.63) is 123 Å². The summed E-state index contributed by atoms with van der Waals surface area (Å²) in [6.45, 7) is -0.603. The maximum absolute atomic E-state index is 13.4. The summed E-state index contributed by atoms with van der Waals surface area (Å²) in [5, 5.41) is 85.2. The Morgan fingerprint density at radius 2 is 0.753 bits per heavy atom. The van der Waals surface area contributed by atoms with E-state index in [2.05, 4.69) is 75.8 Å². The molecule has 9 rings (SSSR count). The number of nitrogens with zero attached hydrogens (tertiary/aromatic N) is 9. The number of hydroxylamine groups is 3. The molecule has 3 aromatic heterocycles. The zero-order valence-electron chi connectivity index (χ0n) is 42.6. The minimum Gasteiger partial charge on any atom is -0.395 e. The van der Waals surface area contributed by atoms with Crippen LogP contribution in [0.5, 0.6) is 0 Å². The predicted molar refractivity (Wildman–Crippen MR) is 284 cm³/mol. The van der Waals surface area contributed by atoms with E-state index in [9.17, 15) is 41.4 Å². The van der Waals surface area contributed by atoms with E-state index in [1.165, 1.54) is 36.4 Å². The van der Waals surface area contributed by atoms with Crippen molar-refractivity contribution in [1.29, 1.82) is 14.3 Å². The van der Waals surface area contributed by atoms with Gasteiger partial charge in [0.1, 0.15) is 17.5 Å². The van der Waals surface area contributed by atoms with Crippen LogP contribution in [0.2, 0.25) is 0 Å². The zero-order valence-corrected chi connectivity index (χ0v) is 45.0. The van der Waals surface area contributed by atoms with Gasteiger partial charge in [-0.2, -0.15) is 0 Å². The van der Waals surface area contributed by atoms with Crippen LogP contribution >= 0.6 is 0 Å². The van der Waals surface area contributed by atoms with E-state index in [1.54, 1.807) is 18.2 Å². The van der Waals surface area contributed by atoms with Crippen LogP contribution in [0.3, 0.4) is 0 Å². The van der Waals surface area contributed by atoms with Crippen LogP contribution in [0.1, 0.15) is 68.6 Å². The molecule has 0 saturated carbocycles. The van der Waals surface area contributed by atoms with Gasteiger partial charge in [0.05, 0.1) is 55.2 Å². The highest BCUT2D eigenvalue weighted by Gasteiger charge is 2.31. The fourth-order valence-electron chi connectivity index (χ4n) is 8.12. The molecular weight excluding hydrogens is 1140 g/mol. The predicted octanol–water partition coefficient (Wildman–Crippen LogP) is 2.05. The summed E-state index contributed by atoms with van der Waals surface area (Å²) in [5.74, 6) is -1.03. The van der Waals surface area contributed by atoms with Crippen molar-refractivity contribution in [1.82, 2.24) is 47.4 Å². The first-order valence-electron chi connectivity index (χ1n) is 24.3. The lowest BCUT2D eigenvalue weighted by atomic mass is 9.83. The monoisotopic (exact) mass is 1190 g/mol. The standard InChI is InChI=1S/3C15H19FN6O4S/c3*16-10-2-1-9-7-12(11(9)8-10)19-15(20-24)13-14(22-26-21-13)18-3-5-27(17,25)6-4-23/h3*1-2,8,12,17,23-24H,3-7H2,(H,18,22)(H,19,20)/t3*12-,27?/m000/s1. The molecule has 0 saturated heterocycles. The zero-order chi connectivity index (χ0) is 58.3. The van der Waals surface area contributed by atoms with E-state index < -0.39 is 29.2 Å². The van der Waals surface area contributed by atoms with Crippen LogP contribution < -0.4 is 32.4 Å². The maximum atomic E-state index is 13.4. The van der Waals surface area contributed by atoms with Crippen LogP contribution in [0.15, 0.2) is 83.5 Å². The molecule has 6 aromatic rings. The molecule has 15 N–H and O–H groups in total. The Hall–Kier alpha value is -7.71. The van der Waals surface area contributed by atoms with Crippen LogP contribution in [-0.4, -0.2) is 166 Å². The van der Waals surface area contributed by atoms with E-state index in [-0.39, 0.29) is 162 Å². The minimum absolute atomic E-state index is 0.00579. The summed E-state index contributed by atoms with van der Waals surface area (Å²) in [6.07, 6.45) is 1.78. The largest absolute Gasteiger partial charge is 0.395 e. The third-order valence-corrected chi connectivity index (χ3v) is 17.5. The number of aliphatic imine (C=N–C) groups is 3. The van der Waals surface area contributed by atoms with Gasteiger partial charge in [0, 0.05) is 66.1 Å². The number of benzene rings is 3. The third kappa shape index (κ3) is 16.2. The summed E-state index contributed by atoms with van der Waals surface area (Å²) in [7, 11) is -8.69. The lowest BCUT2D eigenvalue weighted by Gasteiger charge is -2.27. The van der Waals surface area contributed by atoms with E-state index in [0.717, 1.165) is 33.4 Å². The number of nitrogens with one attached hydrogen (secondary N) is 9. The van der Waals surface area contributed by atoms with Gasteiger partial charge >= 0.3 is 0 Å². The Bertz CT molecular complexity index is 3200. The second kappa shape index (κ2) is 27.6. The van der Waals surface area contributed by atoms with Gasteiger partial charge < -0.3 is 31.3 Å². The number of rotatable bonds is 24. The van der Waals surface area contributed by atoms with Crippen molar-refractivity contribution in [2.75, 3.05) is 89.9 Å². The molecule has 30 nitrogen and oxygen atoms in total. The van der Waals surface area contributed by atoms with Gasteiger partial charge in [-0.25, -0.2) is 39.7 Å². The molecule has 438 valence electrons. The Morgan fingerprint density at radius 3 is 1.00 bits per heavy atom. The number of anilines is 3. The van der Waals surface area contributed by atoms with E-state index >= 15 is 0 Å². The molecule has 0 amide bonds. The van der Waals surface area contributed by atoms with Gasteiger partial charge in [-0.05, 0) is 120 Å². The number of hydrogen-bond donors (Lipinski definition) is 15. The fraction of sp³-hybridized carbons (Fsp3) is 0.400. The molecule has 3 aliphatic rings. The number of aromatic nitrogens is 6. The third-order valence-electron chi connectivity index (χ3n) is 12.4.